The van der Waals surface area contributed by atoms with E-state index in [1.807, 2.05) is 6.92 Å². The Hall–Kier alpha value is -1.46. The third-order valence-electron chi connectivity index (χ3n) is 2.43. The van der Waals surface area contributed by atoms with E-state index in [1.165, 1.54) is 0 Å². The molecule has 0 bridgehead atoms. The van der Waals surface area contributed by atoms with Gasteiger partial charge in [-0.05, 0) is 18.6 Å². The molecule has 0 saturated carbocycles. The fraction of sp³-hybridized carbons (Fsp3) is 0.455. The summed E-state index contributed by atoms with van der Waals surface area (Å²) in [6, 6.07) is 1.72. The van der Waals surface area contributed by atoms with Crippen LogP contribution in [0, 0.1) is 6.92 Å². The molecule has 1 aromatic heterocycles. The molecule has 1 aliphatic heterocycles. The van der Waals surface area contributed by atoms with Gasteiger partial charge < -0.3 is 15.2 Å². The third-order valence-corrected chi connectivity index (χ3v) is 2.43. The summed E-state index contributed by atoms with van der Waals surface area (Å²) >= 11 is 0. The highest BCUT2D eigenvalue weighted by atomic mass is 16.6. The minimum atomic E-state index is -0.556. The largest absolute Gasteiger partial charge is 0.383 e. The Balaban J connectivity index is 2.22. The number of ether oxygens (including phenoxy) is 2. The summed E-state index contributed by atoms with van der Waals surface area (Å²) in [5.74, 6) is 0.0816. The molecule has 86 valence electrons. The van der Waals surface area contributed by atoms with Crippen molar-refractivity contribution in [3.05, 3.63) is 23.4 Å². The molecule has 1 atom stereocenters. The second kappa shape index (κ2) is 4.59. The molecule has 0 amide bonds. The predicted molar refractivity (Wildman–Crippen MR) is 58.3 cm³/mol. The lowest BCUT2D eigenvalue weighted by atomic mass is 10.1. The van der Waals surface area contributed by atoms with Gasteiger partial charge in [0, 0.05) is 6.20 Å². The Morgan fingerprint density at radius 3 is 3.06 bits per heavy atom. The van der Waals surface area contributed by atoms with E-state index in [-0.39, 0.29) is 18.2 Å². The summed E-state index contributed by atoms with van der Waals surface area (Å²) < 4.78 is 10.5. The Kier molecular flexibility index (Phi) is 3.17. The fourth-order valence-electron chi connectivity index (χ4n) is 1.59. The summed E-state index contributed by atoms with van der Waals surface area (Å²) in [6.07, 6.45) is 1.07. The number of anilines is 1. The first-order chi connectivity index (χ1) is 7.68. The van der Waals surface area contributed by atoms with Crippen molar-refractivity contribution in [2.75, 3.05) is 25.6 Å². The number of nitrogens with two attached hydrogens (primary N) is 1. The van der Waals surface area contributed by atoms with E-state index in [2.05, 4.69) is 4.98 Å². The third kappa shape index (κ3) is 2.20. The molecule has 5 nitrogen and oxygen atoms in total. The minimum absolute atomic E-state index is 0.159. The van der Waals surface area contributed by atoms with E-state index in [0.29, 0.717) is 18.8 Å². The summed E-state index contributed by atoms with van der Waals surface area (Å²) in [4.78, 5) is 16.0. The van der Waals surface area contributed by atoms with Gasteiger partial charge in [-0.3, -0.25) is 4.79 Å². The first-order valence-corrected chi connectivity index (χ1v) is 5.14. The number of carbonyl (C=O) groups excluding carboxylic acids is 1. The highest BCUT2D eigenvalue weighted by Gasteiger charge is 2.25. The zero-order valence-electron chi connectivity index (χ0n) is 9.10. The Morgan fingerprint density at radius 1 is 1.56 bits per heavy atom. The molecule has 16 heavy (non-hydrogen) atoms. The Bertz CT molecular complexity index is 400. The van der Waals surface area contributed by atoms with Crippen molar-refractivity contribution in [2.24, 2.45) is 0 Å². The topological polar surface area (TPSA) is 74.4 Å². The second-order valence-corrected chi connectivity index (χ2v) is 3.74. The molecule has 0 aliphatic carbocycles. The number of hydrogen-bond donors (Lipinski definition) is 1. The van der Waals surface area contributed by atoms with E-state index in [4.69, 9.17) is 15.2 Å². The Morgan fingerprint density at radius 2 is 2.38 bits per heavy atom. The standard InChI is InChI=1S/C11H14N2O3/c1-7-4-8(11(12)13-5-7)10(14)9-6-15-2-3-16-9/h4-5,9H,2-3,6H2,1H3,(H2,12,13). The van der Waals surface area contributed by atoms with Crippen molar-refractivity contribution in [3.8, 4) is 0 Å². The maximum absolute atomic E-state index is 12.0. The normalized spacial score (nSPS) is 20.7. The van der Waals surface area contributed by atoms with E-state index in [9.17, 15) is 4.79 Å². The van der Waals surface area contributed by atoms with E-state index in [1.54, 1.807) is 12.3 Å². The lowest BCUT2D eigenvalue weighted by Gasteiger charge is -2.22. The number of Topliss-reactive ketones (excluding diaryl/α,β-unsaturated/α-hetero) is 1. The number of rotatable bonds is 2. The summed E-state index contributed by atoms with van der Waals surface area (Å²) in [5.41, 5.74) is 6.98. The van der Waals surface area contributed by atoms with Crippen LogP contribution in [0.5, 0.6) is 0 Å². The van der Waals surface area contributed by atoms with Crippen molar-refractivity contribution in [1.29, 1.82) is 0 Å². The molecule has 0 spiro atoms. The molecule has 1 aromatic rings. The quantitative estimate of drug-likeness (QED) is 0.740. The number of pyridine rings is 1. The van der Waals surface area contributed by atoms with Crippen LogP contribution in [-0.4, -0.2) is 36.7 Å². The van der Waals surface area contributed by atoms with E-state index < -0.39 is 6.10 Å². The molecule has 0 radical (unpaired) electrons. The van der Waals surface area contributed by atoms with Crippen LogP contribution in [0.15, 0.2) is 12.3 Å². The molecule has 2 rings (SSSR count). The number of nitrogen functional groups attached to an aromatic ring is 1. The van der Waals surface area contributed by atoms with Gasteiger partial charge in [0.05, 0.1) is 25.4 Å². The van der Waals surface area contributed by atoms with Crippen LogP contribution >= 0.6 is 0 Å². The maximum atomic E-state index is 12.0. The van der Waals surface area contributed by atoms with Crippen LogP contribution in [0.2, 0.25) is 0 Å². The van der Waals surface area contributed by atoms with Crippen LogP contribution in [0.3, 0.4) is 0 Å². The van der Waals surface area contributed by atoms with Gasteiger partial charge in [0.25, 0.3) is 0 Å². The average Bonchev–Trinajstić information content (AvgIpc) is 2.32. The smallest absolute Gasteiger partial charge is 0.197 e. The van der Waals surface area contributed by atoms with Crippen LogP contribution in [0.25, 0.3) is 0 Å². The van der Waals surface area contributed by atoms with Gasteiger partial charge in [0.1, 0.15) is 11.9 Å². The monoisotopic (exact) mass is 222 g/mol. The van der Waals surface area contributed by atoms with Gasteiger partial charge in [-0.25, -0.2) is 4.98 Å². The van der Waals surface area contributed by atoms with E-state index in [0.717, 1.165) is 5.56 Å². The van der Waals surface area contributed by atoms with Gasteiger partial charge in [-0.1, -0.05) is 0 Å². The number of ketones is 1. The number of aromatic nitrogens is 1. The molecule has 1 saturated heterocycles. The average molecular weight is 222 g/mol. The molecule has 0 aromatic carbocycles. The van der Waals surface area contributed by atoms with E-state index >= 15 is 0 Å². The lowest BCUT2D eigenvalue weighted by molar-refractivity contribution is -0.0718. The van der Waals surface area contributed by atoms with Crippen molar-refractivity contribution >= 4 is 11.6 Å². The SMILES string of the molecule is Cc1cnc(N)c(C(=O)C2COCCO2)c1. The van der Waals surface area contributed by atoms with Crippen LogP contribution in [-0.2, 0) is 9.47 Å². The molecular formula is C11H14N2O3. The van der Waals surface area contributed by atoms with Gasteiger partial charge in [-0.15, -0.1) is 0 Å². The first kappa shape index (κ1) is 11.0. The predicted octanol–water partition coefficient (Wildman–Crippen LogP) is 0.570. The van der Waals surface area contributed by atoms with Crippen LogP contribution < -0.4 is 5.73 Å². The molecule has 2 N–H and O–H groups in total. The highest BCUT2D eigenvalue weighted by molar-refractivity contribution is 6.03. The van der Waals surface area contributed by atoms with Crippen LogP contribution in [0.4, 0.5) is 5.82 Å². The first-order valence-electron chi connectivity index (χ1n) is 5.14. The molecule has 1 fully saturated rings. The highest BCUT2D eigenvalue weighted by Crippen LogP contribution is 2.15. The zero-order valence-corrected chi connectivity index (χ0v) is 9.10. The molecular weight excluding hydrogens is 208 g/mol. The number of aryl methyl sites for hydroxylation is 1. The fourth-order valence-corrected chi connectivity index (χ4v) is 1.59. The Labute approximate surface area is 93.6 Å². The summed E-state index contributed by atoms with van der Waals surface area (Å²) in [5, 5.41) is 0. The molecule has 5 heteroatoms. The van der Waals surface area contributed by atoms with Gasteiger partial charge in [0.2, 0.25) is 0 Å². The molecule has 1 unspecified atom stereocenters. The number of hydrogen-bond acceptors (Lipinski definition) is 5. The van der Waals surface area contributed by atoms with Crippen molar-refractivity contribution in [2.45, 2.75) is 13.0 Å². The number of nitrogens with zero attached hydrogens (tertiary/aromatic N) is 1. The lowest BCUT2D eigenvalue weighted by Crippen LogP contribution is -2.35. The van der Waals surface area contributed by atoms with Crippen molar-refractivity contribution < 1.29 is 14.3 Å². The van der Waals surface area contributed by atoms with Crippen LogP contribution in [0.1, 0.15) is 15.9 Å². The zero-order chi connectivity index (χ0) is 11.5. The van der Waals surface area contributed by atoms with Gasteiger partial charge in [-0.2, -0.15) is 0 Å². The molecule has 1 aliphatic rings. The molecule has 2 heterocycles. The van der Waals surface area contributed by atoms with Gasteiger partial charge in [0.15, 0.2) is 5.78 Å². The van der Waals surface area contributed by atoms with Gasteiger partial charge >= 0.3 is 0 Å². The van der Waals surface area contributed by atoms with Crippen molar-refractivity contribution in [3.63, 3.8) is 0 Å². The maximum Gasteiger partial charge on any atom is 0.197 e. The summed E-state index contributed by atoms with van der Waals surface area (Å²) in [6.45, 7) is 3.12. The van der Waals surface area contributed by atoms with Crippen molar-refractivity contribution in [1.82, 2.24) is 4.98 Å². The summed E-state index contributed by atoms with van der Waals surface area (Å²) in [7, 11) is 0. The minimum Gasteiger partial charge on any atom is -0.383 e. The number of carbonyl (C=O) groups is 1. The second-order valence-electron chi connectivity index (χ2n) is 3.74.